The van der Waals surface area contributed by atoms with E-state index in [2.05, 4.69) is 5.32 Å². The van der Waals surface area contributed by atoms with Crippen LogP contribution in [0.1, 0.15) is 44.1 Å². The van der Waals surface area contributed by atoms with Crippen LogP contribution in [0.4, 0.5) is 10.1 Å². The van der Waals surface area contributed by atoms with E-state index < -0.39 is 5.54 Å². The second-order valence-corrected chi connectivity index (χ2v) is 7.86. The Bertz CT molecular complexity index is 904. The summed E-state index contributed by atoms with van der Waals surface area (Å²) in [7, 11) is 0. The third-order valence-electron chi connectivity index (χ3n) is 5.84. The summed E-state index contributed by atoms with van der Waals surface area (Å²) >= 11 is 0. The third-order valence-corrected chi connectivity index (χ3v) is 5.84. The van der Waals surface area contributed by atoms with Gasteiger partial charge >= 0.3 is 0 Å². The van der Waals surface area contributed by atoms with Crippen molar-refractivity contribution >= 4 is 23.6 Å². The summed E-state index contributed by atoms with van der Waals surface area (Å²) in [5, 5.41) is 3.17. The monoisotopic (exact) mass is 392 g/mol. The first-order chi connectivity index (χ1) is 14.1. The minimum Gasteiger partial charge on any atom is -0.351 e. The molecule has 1 aliphatic carbocycles. The molecule has 2 aromatic carbocycles. The molecular formula is C24H25FN2O2. The molecule has 4 rings (SSSR count). The van der Waals surface area contributed by atoms with Gasteiger partial charge in [-0.3, -0.25) is 14.5 Å². The molecule has 1 heterocycles. The van der Waals surface area contributed by atoms with E-state index >= 15 is 0 Å². The number of anilines is 1. The zero-order chi connectivity index (χ0) is 20.3. The molecule has 1 saturated carbocycles. The molecule has 2 aliphatic rings. The molecule has 0 aromatic heterocycles. The lowest BCUT2D eigenvalue weighted by molar-refractivity contribution is -0.137. The van der Waals surface area contributed by atoms with Gasteiger partial charge in [0.05, 0.1) is 6.42 Å². The Hall–Kier alpha value is -2.95. The normalized spacial score (nSPS) is 22.5. The largest absolute Gasteiger partial charge is 0.351 e. The van der Waals surface area contributed by atoms with Crippen LogP contribution in [0, 0.1) is 5.82 Å². The second-order valence-electron chi connectivity index (χ2n) is 7.86. The van der Waals surface area contributed by atoms with Crippen LogP contribution in [-0.2, 0) is 9.59 Å². The van der Waals surface area contributed by atoms with E-state index in [1.165, 1.54) is 23.5 Å². The second kappa shape index (κ2) is 8.19. The molecule has 1 aliphatic heterocycles. The number of amides is 2. The Balaban J connectivity index is 1.66. The van der Waals surface area contributed by atoms with Gasteiger partial charge in [0.25, 0.3) is 5.91 Å². The summed E-state index contributed by atoms with van der Waals surface area (Å²) in [5.74, 6) is -0.688. The van der Waals surface area contributed by atoms with Crippen LogP contribution < -0.4 is 10.2 Å². The van der Waals surface area contributed by atoms with Gasteiger partial charge < -0.3 is 5.32 Å². The first-order valence-electron chi connectivity index (χ1n) is 10.2. The molecule has 29 heavy (non-hydrogen) atoms. The van der Waals surface area contributed by atoms with Crippen molar-refractivity contribution in [1.29, 1.82) is 0 Å². The molecule has 2 fully saturated rings. The minimum atomic E-state index is -1.10. The molecule has 1 N–H and O–H groups in total. The van der Waals surface area contributed by atoms with E-state index in [4.69, 9.17) is 0 Å². The molecule has 1 saturated heterocycles. The van der Waals surface area contributed by atoms with Crippen LogP contribution in [0.5, 0.6) is 0 Å². The standard InChI is InChI=1S/C24H25FN2O2/c25-19-11-13-21(14-12-19)27-22(28)17-24(27,16-15-18-7-3-1-4-8-18)23(29)26-20-9-5-2-6-10-20/h1,3-4,7-8,11-16,20H,2,5-6,9-10,17H2,(H,26,29)/b16-15+/t24-/m1/s1. The zero-order valence-electron chi connectivity index (χ0n) is 16.3. The third kappa shape index (κ3) is 3.95. The van der Waals surface area contributed by atoms with Crippen molar-refractivity contribution in [2.45, 2.75) is 50.1 Å². The molecule has 2 amide bonds. The number of hydrogen-bond donors (Lipinski definition) is 1. The maximum absolute atomic E-state index is 13.4. The van der Waals surface area contributed by atoms with Crippen LogP contribution in [0.2, 0.25) is 0 Å². The topological polar surface area (TPSA) is 49.4 Å². The first kappa shape index (κ1) is 19.4. The average molecular weight is 392 g/mol. The van der Waals surface area contributed by atoms with Crippen molar-refractivity contribution in [3.8, 4) is 0 Å². The molecular weight excluding hydrogens is 367 g/mol. The SMILES string of the molecule is O=C1C[C@](/C=C/c2ccccc2)(C(=O)NC2CCCCC2)N1c1ccc(F)cc1. The number of benzene rings is 2. The van der Waals surface area contributed by atoms with Crippen LogP contribution in [0.15, 0.2) is 60.7 Å². The summed E-state index contributed by atoms with van der Waals surface area (Å²) in [6.45, 7) is 0. The highest BCUT2D eigenvalue weighted by Gasteiger charge is 2.55. The Morgan fingerprint density at radius 2 is 1.72 bits per heavy atom. The Kier molecular flexibility index (Phi) is 5.47. The van der Waals surface area contributed by atoms with E-state index in [0.717, 1.165) is 31.2 Å². The van der Waals surface area contributed by atoms with Gasteiger partial charge in [-0.1, -0.05) is 55.7 Å². The molecule has 0 radical (unpaired) electrons. The molecule has 1 atom stereocenters. The summed E-state index contributed by atoms with van der Waals surface area (Å²) in [6.07, 6.45) is 9.15. The number of β-lactam (4-membered cyclic amide) rings is 1. The number of carbonyl (C=O) groups is 2. The number of hydrogen-bond acceptors (Lipinski definition) is 2. The van der Waals surface area contributed by atoms with Crippen molar-refractivity contribution < 1.29 is 14.0 Å². The van der Waals surface area contributed by atoms with E-state index in [-0.39, 0.29) is 30.1 Å². The number of nitrogens with zero attached hydrogens (tertiary/aromatic N) is 1. The van der Waals surface area contributed by atoms with Gasteiger partial charge in [-0.25, -0.2) is 4.39 Å². The van der Waals surface area contributed by atoms with Crippen molar-refractivity contribution in [1.82, 2.24) is 5.32 Å². The maximum Gasteiger partial charge on any atom is 0.251 e. The first-order valence-corrected chi connectivity index (χ1v) is 10.2. The fourth-order valence-corrected chi connectivity index (χ4v) is 4.23. The zero-order valence-corrected chi connectivity index (χ0v) is 16.3. The quantitative estimate of drug-likeness (QED) is 0.764. The van der Waals surface area contributed by atoms with Gasteiger partial charge in [-0.15, -0.1) is 0 Å². The Morgan fingerprint density at radius 1 is 1.03 bits per heavy atom. The summed E-state index contributed by atoms with van der Waals surface area (Å²) in [6, 6.07) is 15.5. The average Bonchev–Trinajstić information content (AvgIpc) is 2.74. The lowest BCUT2D eigenvalue weighted by Crippen LogP contribution is -2.70. The van der Waals surface area contributed by atoms with E-state index in [1.54, 1.807) is 12.1 Å². The molecule has 0 unspecified atom stereocenters. The highest BCUT2D eigenvalue weighted by atomic mass is 19.1. The maximum atomic E-state index is 13.4. The van der Waals surface area contributed by atoms with Gasteiger partial charge in [-0.05, 0) is 48.7 Å². The summed E-state index contributed by atoms with van der Waals surface area (Å²) in [4.78, 5) is 27.5. The Labute approximate surface area is 170 Å². The molecule has 150 valence electrons. The molecule has 2 aromatic rings. The van der Waals surface area contributed by atoms with Gasteiger partial charge in [0.2, 0.25) is 5.91 Å². The van der Waals surface area contributed by atoms with Crippen LogP contribution in [0.3, 0.4) is 0 Å². The highest BCUT2D eigenvalue weighted by molar-refractivity contribution is 6.15. The molecule has 4 nitrogen and oxygen atoms in total. The van der Waals surface area contributed by atoms with Gasteiger partial charge in [0.15, 0.2) is 5.54 Å². The fraction of sp³-hybridized carbons (Fsp3) is 0.333. The number of nitrogens with one attached hydrogen (secondary N) is 1. The van der Waals surface area contributed by atoms with Gasteiger partial charge in [0.1, 0.15) is 5.82 Å². The number of carbonyl (C=O) groups excluding carboxylic acids is 2. The summed E-state index contributed by atoms with van der Waals surface area (Å²) in [5.41, 5.74) is 0.386. The van der Waals surface area contributed by atoms with E-state index in [0.29, 0.717) is 5.69 Å². The van der Waals surface area contributed by atoms with Gasteiger partial charge in [-0.2, -0.15) is 0 Å². The van der Waals surface area contributed by atoms with E-state index in [1.807, 2.05) is 42.5 Å². The lowest BCUT2D eigenvalue weighted by Gasteiger charge is -2.49. The lowest BCUT2D eigenvalue weighted by atomic mass is 9.80. The van der Waals surface area contributed by atoms with Crippen LogP contribution >= 0.6 is 0 Å². The number of halogens is 1. The molecule has 0 bridgehead atoms. The Morgan fingerprint density at radius 3 is 2.38 bits per heavy atom. The predicted molar refractivity (Wildman–Crippen MR) is 112 cm³/mol. The molecule has 0 spiro atoms. The van der Waals surface area contributed by atoms with Crippen molar-refractivity contribution in [3.05, 3.63) is 72.1 Å². The van der Waals surface area contributed by atoms with Crippen molar-refractivity contribution in [3.63, 3.8) is 0 Å². The van der Waals surface area contributed by atoms with Crippen molar-refractivity contribution in [2.75, 3.05) is 4.90 Å². The van der Waals surface area contributed by atoms with E-state index in [9.17, 15) is 14.0 Å². The van der Waals surface area contributed by atoms with Crippen LogP contribution in [-0.4, -0.2) is 23.4 Å². The van der Waals surface area contributed by atoms with Crippen LogP contribution in [0.25, 0.3) is 6.08 Å². The minimum absolute atomic E-state index is 0.103. The predicted octanol–water partition coefficient (Wildman–Crippen LogP) is 4.46. The molecule has 5 heteroatoms. The smallest absolute Gasteiger partial charge is 0.251 e. The van der Waals surface area contributed by atoms with Crippen molar-refractivity contribution in [2.24, 2.45) is 0 Å². The highest BCUT2D eigenvalue weighted by Crippen LogP contribution is 2.39. The number of rotatable bonds is 5. The van der Waals surface area contributed by atoms with Gasteiger partial charge in [0, 0.05) is 11.7 Å². The summed E-state index contributed by atoms with van der Waals surface area (Å²) < 4.78 is 13.4. The fourth-order valence-electron chi connectivity index (χ4n) is 4.23.